The van der Waals surface area contributed by atoms with Gasteiger partial charge in [-0.2, -0.15) is 0 Å². The summed E-state index contributed by atoms with van der Waals surface area (Å²) in [6.07, 6.45) is 1.53. The molecule has 3 rings (SSSR count). The van der Waals surface area contributed by atoms with Crippen LogP contribution in [0.4, 0.5) is 4.79 Å². The predicted molar refractivity (Wildman–Crippen MR) is 89.4 cm³/mol. The van der Waals surface area contributed by atoms with Gasteiger partial charge >= 0.3 is 6.09 Å². The number of likely N-dealkylation sites (tertiary alicyclic amines) is 1. The minimum Gasteiger partial charge on any atom is -0.497 e. The fourth-order valence-corrected chi connectivity index (χ4v) is 3.30. The van der Waals surface area contributed by atoms with Gasteiger partial charge < -0.3 is 19.3 Å². The second-order valence-electron chi connectivity index (χ2n) is 6.31. The molecule has 2 aliphatic rings. The SMILES string of the molecule is COc1ccc(C(=O)C2CCN(CCN3CCOC3=O)CC2)cc1. The van der Waals surface area contributed by atoms with E-state index < -0.39 is 0 Å². The molecule has 1 aromatic rings. The van der Waals surface area contributed by atoms with Gasteiger partial charge in [0, 0.05) is 24.6 Å². The van der Waals surface area contributed by atoms with Crippen molar-refractivity contribution in [3.8, 4) is 5.75 Å². The van der Waals surface area contributed by atoms with Gasteiger partial charge in [0.2, 0.25) is 0 Å². The standard InChI is InChI=1S/C18H24N2O4/c1-23-16-4-2-14(3-5-16)17(21)15-6-8-19(9-7-15)10-11-20-12-13-24-18(20)22/h2-5,15H,6-13H2,1H3. The van der Waals surface area contributed by atoms with Crippen molar-refractivity contribution in [1.29, 1.82) is 0 Å². The molecule has 0 unspecified atom stereocenters. The number of Topliss-reactive ketones (excluding diaryl/α,β-unsaturated/α-hetero) is 1. The molecule has 1 amide bonds. The van der Waals surface area contributed by atoms with Crippen LogP contribution in [0.2, 0.25) is 0 Å². The highest BCUT2D eigenvalue weighted by atomic mass is 16.6. The Balaban J connectivity index is 1.45. The van der Waals surface area contributed by atoms with Crippen molar-refractivity contribution >= 4 is 11.9 Å². The maximum absolute atomic E-state index is 12.6. The quantitative estimate of drug-likeness (QED) is 0.746. The molecule has 0 spiro atoms. The summed E-state index contributed by atoms with van der Waals surface area (Å²) in [5.41, 5.74) is 0.758. The highest BCUT2D eigenvalue weighted by Crippen LogP contribution is 2.23. The van der Waals surface area contributed by atoms with Gasteiger partial charge in [-0.05, 0) is 50.2 Å². The first kappa shape index (κ1) is 16.8. The number of amides is 1. The van der Waals surface area contributed by atoms with E-state index in [4.69, 9.17) is 9.47 Å². The lowest BCUT2D eigenvalue weighted by molar-refractivity contribution is 0.0834. The van der Waals surface area contributed by atoms with Crippen LogP contribution in [0.25, 0.3) is 0 Å². The summed E-state index contributed by atoms with van der Waals surface area (Å²) < 4.78 is 10.1. The molecule has 6 nitrogen and oxygen atoms in total. The lowest BCUT2D eigenvalue weighted by Gasteiger charge is -2.32. The molecule has 1 aromatic carbocycles. The number of carbonyl (C=O) groups excluding carboxylic acids is 2. The Morgan fingerprint density at radius 1 is 1.17 bits per heavy atom. The lowest BCUT2D eigenvalue weighted by Crippen LogP contribution is -2.41. The number of nitrogens with zero attached hydrogens (tertiary/aromatic N) is 2. The van der Waals surface area contributed by atoms with Crippen molar-refractivity contribution in [2.45, 2.75) is 12.8 Å². The van der Waals surface area contributed by atoms with E-state index in [-0.39, 0.29) is 17.8 Å². The number of benzene rings is 1. The number of rotatable bonds is 6. The van der Waals surface area contributed by atoms with Crippen LogP contribution in [0, 0.1) is 5.92 Å². The topological polar surface area (TPSA) is 59.1 Å². The fraction of sp³-hybridized carbons (Fsp3) is 0.556. The smallest absolute Gasteiger partial charge is 0.409 e. The number of ether oxygens (including phenoxy) is 2. The highest BCUT2D eigenvalue weighted by molar-refractivity contribution is 5.98. The Bertz CT molecular complexity index is 579. The average Bonchev–Trinajstić information content (AvgIpc) is 3.05. The van der Waals surface area contributed by atoms with Gasteiger partial charge in [0.1, 0.15) is 12.4 Å². The van der Waals surface area contributed by atoms with Crippen LogP contribution in [0.5, 0.6) is 5.75 Å². The van der Waals surface area contributed by atoms with E-state index in [0.717, 1.165) is 43.8 Å². The molecule has 2 fully saturated rings. The van der Waals surface area contributed by atoms with Crippen molar-refractivity contribution in [1.82, 2.24) is 9.80 Å². The van der Waals surface area contributed by atoms with Crippen LogP contribution < -0.4 is 4.74 Å². The summed E-state index contributed by atoms with van der Waals surface area (Å²) in [7, 11) is 1.62. The number of hydrogen-bond acceptors (Lipinski definition) is 5. The molecule has 130 valence electrons. The number of carbonyl (C=O) groups is 2. The average molecular weight is 332 g/mol. The summed E-state index contributed by atoms with van der Waals surface area (Å²) in [6.45, 7) is 4.53. The maximum Gasteiger partial charge on any atom is 0.409 e. The molecule has 2 heterocycles. The van der Waals surface area contributed by atoms with Gasteiger partial charge in [-0.3, -0.25) is 4.79 Å². The third kappa shape index (κ3) is 3.87. The lowest BCUT2D eigenvalue weighted by atomic mass is 9.89. The third-order valence-corrected chi connectivity index (χ3v) is 4.86. The second-order valence-corrected chi connectivity index (χ2v) is 6.31. The summed E-state index contributed by atoms with van der Waals surface area (Å²) in [6, 6.07) is 7.34. The van der Waals surface area contributed by atoms with Gasteiger partial charge in [-0.15, -0.1) is 0 Å². The second kappa shape index (κ2) is 7.66. The zero-order valence-corrected chi connectivity index (χ0v) is 14.1. The van der Waals surface area contributed by atoms with Crippen LogP contribution in [0.15, 0.2) is 24.3 Å². The van der Waals surface area contributed by atoms with Gasteiger partial charge in [0.15, 0.2) is 5.78 Å². The number of methoxy groups -OCH3 is 1. The van der Waals surface area contributed by atoms with Gasteiger partial charge in [-0.25, -0.2) is 4.79 Å². The van der Waals surface area contributed by atoms with Crippen molar-refractivity contribution in [3.63, 3.8) is 0 Å². The Kier molecular flexibility index (Phi) is 5.35. The van der Waals surface area contributed by atoms with Crippen molar-refractivity contribution in [2.24, 2.45) is 5.92 Å². The Hall–Kier alpha value is -2.08. The Morgan fingerprint density at radius 3 is 2.46 bits per heavy atom. The van der Waals surface area contributed by atoms with Crippen LogP contribution in [0.1, 0.15) is 23.2 Å². The molecular formula is C18H24N2O4. The molecule has 6 heteroatoms. The van der Waals surface area contributed by atoms with E-state index in [2.05, 4.69) is 4.90 Å². The first-order valence-electron chi connectivity index (χ1n) is 8.49. The summed E-state index contributed by atoms with van der Waals surface area (Å²) in [5, 5.41) is 0. The van der Waals surface area contributed by atoms with Crippen molar-refractivity contribution < 1.29 is 19.1 Å². The van der Waals surface area contributed by atoms with E-state index in [1.54, 1.807) is 12.0 Å². The van der Waals surface area contributed by atoms with E-state index in [1.807, 2.05) is 24.3 Å². The molecule has 24 heavy (non-hydrogen) atoms. The largest absolute Gasteiger partial charge is 0.497 e. The van der Waals surface area contributed by atoms with Gasteiger partial charge in [-0.1, -0.05) is 0 Å². The van der Waals surface area contributed by atoms with E-state index in [1.165, 1.54) is 0 Å². The predicted octanol–water partition coefficient (Wildman–Crippen LogP) is 2.04. The van der Waals surface area contributed by atoms with E-state index in [0.29, 0.717) is 19.7 Å². The fourth-order valence-electron chi connectivity index (χ4n) is 3.30. The zero-order chi connectivity index (χ0) is 16.9. The van der Waals surface area contributed by atoms with Crippen molar-refractivity contribution in [3.05, 3.63) is 29.8 Å². The number of piperidine rings is 1. The molecule has 2 aliphatic heterocycles. The number of cyclic esters (lactones) is 1. The normalized spacial score (nSPS) is 19.4. The van der Waals surface area contributed by atoms with Gasteiger partial charge in [0.05, 0.1) is 13.7 Å². The molecule has 0 aliphatic carbocycles. The van der Waals surface area contributed by atoms with E-state index >= 15 is 0 Å². The minimum atomic E-state index is -0.209. The Labute approximate surface area is 142 Å². The summed E-state index contributed by atoms with van der Waals surface area (Å²) in [5.74, 6) is 1.08. The van der Waals surface area contributed by atoms with E-state index in [9.17, 15) is 9.59 Å². The molecule has 0 N–H and O–H groups in total. The first-order valence-corrected chi connectivity index (χ1v) is 8.49. The van der Waals surface area contributed by atoms with Gasteiger partial charge in [0.25, 0.3) is 0 Å². The zero-order valence-electron chi connectivity index (χ0n) is 14.1. The monoisotopic (exact) mass is 332 g/mol. The molecule has 0 saturated carbocycles. The third-order valence-electron chi connectivity index (χ3n) is 4.86. The number of ketones is 1. The van der Waals surface area contributed by atoms with Crippen molar-refractivity contribution in [2.75, 3.05) is 46.4 Å². The van der Waals surface area contributed by atoms with Crippen LogP contribution in [0.3, 0.4) is 0 Å². The molecule has 2 saturated heterocycles. The molecular weight excluding hydrogens is 308 g/mol. The van der Waals surface area contributed by atoms with Crippen LogP contribution in [-0.4, -0.2) is 68.1 Å². The maximum atomic E-state index is 12.6. The minimum absolute atomic E-state index is 0.0893. The summed E-state index contributed by atoms with van der Waals surface area (Å²) >= 11 is 0. The Morgan fingerprint density at radius 2 is 1.88 bits per heavy atom. The number of hydrogen-bond donors (Lipinski definition) is 0. The molecule has 0 radical (unpaired) electrons. The first-order chi connectivity index (χ1) is 11.7. The summed E-state index contributed by atoms with van der Waals surface area (Å²) in [4.78, 5) is 28.1. The highest BCUT2D eigenvalue weighted by Gasteiger charge is 2.27. The van der Waals surface area contributed by atoms with Crippen LogP contribution in [-0.2, 0) is 4.74 Å². The molecule has 0 aromatic heterocycles. The van der Waals surface area contributed by atoms with Crippen LogP contribution >= 0.6 is 0 Å². The molecule has 0 bridgehead atoms. The molecule has 0 atom stereocenters.